The third kappa shape index (κ3) is 3.63. The zero-order chi connectivity index (χ0) is 20.6. The van der Waals surface area contributed by atoms with Crippen molar-refractivity contribution in [1.29, 1.82) is 0 Å². The number of hydrogen-bond acceptors (Lipinski definition) is 4. The first-order chi connectivity index (χ1) is 13.9. The molecule has 1 aromatic heterocycles. The van der Waals surface area contributed by atoms with Crippen molar-refractivity contribution in [2.75, 3.05) is 6.61 Å². The molecule has 0 bridgehead atoms. The number of halogens is 3. The van der Waals surface area contributed by atoms with Gasteiger partial charge in [0, 0.05) is 6.07 Å². The second kappa shape index (κ2) is 7.16. The van der Waals surface area contributed by atoms with E-state index in [1.165, 1.54) is 24.3 Å². The highest BCUT2D eigenvalue weighted by atomic mass is 19.4. The highest BCUT2D eigenvalue weighted by molar-refractivity contribution is 5.84. The van der Waals surface area contributed by atoms with Crippen molar-refractivity contribution >= 4 is 21.7 Å². The second-order valence-electron chi connectivity index (χ2n) is 6.29. The molecule has 3 aromatic carbocycles. The van der Waals surface area contributed by atoms with Crippen LogP contribution in [0.3, 0.4) is 0 Å². The van der Waals surface area contributed by atoms with E-state index in [4.69, 9.17) is 13.9 Å². The minimum Gasteiger partial charge on any atom is -0.494 e. The van der Waals surface area contributed by atoms with Crippen LogP contribution in [0.15, 0.2) is 69.9 Å². The molecule has 0 aliphatic carbocycles. The fraction of sp³-hybridized carbons (Fsp3) is 0.136. The first-order valence-electron chi connectivity index (χ1n) is 8.84. The molecule has 0 radical (unpaired) electrons. The summed E-state index contributed by atoms with van der Waals surface area (Å²) in [5.41, 5.74) is -1.13. The quantitative estimate of drug-likeness (QED) is 0.412. The van der Waals surface area contributed by atoms with E-state index in [1.807, 2.05) is 12.1 Å². The number of fused-ring (bicyclic) bond motifs is 2. The molecule has 4 nitrogen and oxygen atoms in total. The third-order valence-electron chi connectivity index (χ3n) is 4.33. The second-order valence-corrected chi connectivity index (χ2v) is 6.29. The van der Waals surface area contributed by atoms with Gasteiger partial charge >= 0.3 is 6.18 Å². The van der Waals surface area contributed by atoms with Crippen molar-refractivity contribution in [2.45, 2.75) is 13.1 Å². The lowest BCUT2D eigenvalue weighted by molar-refractivity contribution is -0.154. The highest BCUT2D eigenvalue weighted by Crippen LogP contribution is 2.39. The first-order valence-corrected chi connectivity index (χ1v) is 8.84. The van der Waals surface area contributed by atoms with Crippen LogP contribution < -0.4 is 14.9 Å². The lowest BCUT2D eigenvalue weighted by Crippen LogP contribution is -2.15. The standard InChI is InChI=1S/C22H15F3O4/c1-2-27-15-9-10-17-18(12-15)29-21(22(23,24)25)20(19(17)26)28-16-8-7-13-5-3-4-6-14(13)11-16/h3-12H,2H2,1H3. The van der Waals surface area contributed by atoms with Crippen molar-refractivity contribution in [1.82, 2.24) is 0 Å². The lowest BCUT2D eigenvalue weighted by Gasteiger charge is -2.14. The van der Waals surface area contributed by atoms with Crippen LogP contribution in [0.25, 0.3) is 21.7 Å². The summed E-state index contributed by atoms with van der Waals surface area (Å²) >= 11 is 0. The lowest BCUT2D eigenvalue weighted by atomic mass is 10.1. The summed E-state index contributed by atoms with van der Waals surface area (Å²) in [6.45, 7) is 2.06. The van der Waals surface area contributed by atoms with Gasteiger partial charge in [-0.15, -0.1) is 0 Å². The topological polar surface area (TPSA) is 48.7 Å². The minimum absolute atomic E-state index is 0.0303. The smallest absolute Gasteiger partial charge is 0.453 e. The van der Waals surface area contributed by atoms with Crippen LogP contribution in [-0.4, -0.2) is 6.61 Å². The van der Waals surface area contributed by atoms with Gasteiger partial charge in [0.15, 0.2) is 0 Å². The molecule has 148 valence electrons. The van der Waals surface area contributed by atoms with Crippen molar-refractivity contribution in [3.63, 3.8) is 0 Å². The Bertz CT molecular complexity index is 1260. The zero-order valence-electron chi connectivity index (χ0n) is 15.2. The number of alkyl halides is 3. The number of ether oxygens (including phenoxy) is 2. The predicted molar refractivity (Wildman–Crippen MR) is 103 cm³/mol. The maximum atomic E-state index is 13.6. The van der Waals surface area contributed by atoms with E-state index in [9.17, 15) is 18.0 Å². The van der Waals surface area contributed by atoms with Gasteiger partial charge in [0.2, 0.25) is 11.2 Å². The van der Waals surface area contributed by atoms with Crippen molar-refractivity contribution < 1.29 is 27.1 Å². The maximum Gasteiger partial charge on any atom is 0.453 e. The maximum absolute atomic E-state index is 13.6. The van der Waals surface area contributed by atoms with Gasteiger partial charge in [-0.1, -0.05) is 30.3 Å². The molecule has 0 aliphatic heterocycles. The van der Waals surface area contributed by atoms with E-state index < -0.39 is 23.1 Å². The van der Waals surface area contributed by atoms with Crippen LogP contribution in [0.4, 0.5) is 13.2 Å². The molecular formula is C22H15F3O4. The fourth-order valence-corrected chi connectivity index (χ4v) is 3.04. The van der Waals surface area contributed by atoms with Gasteiger partial charge in [0.05, 0.1) is 12.0 Å². The summed E-state index contributed by atoms with van der Waals surface area (Å²) in [5.74, 6) is -1.98. The molecule has 0 spiro atoms. The predicted octanol–water partition coefficient (Wildman–Crippen LogP) is 6.16. The molecule has 1 heterocycles. The van der Waals surface area contributed by atoms with Crippen molar-refractivity contribution in [3.05, 3.63) is 76.6 Å². The van der Waals surface area contributed by atoms with Gasteiger partial charge in [-0.3, -0.25) is 4.79 Å². The van der Waals surface area contributed by atoms with E-state index in [0.717, 1.165) is 10.8 Å². The largest absolute Gasteiger partial charge is 0.494 e. The van der Waals surface area contributed by atoms with E-state index >= 15 is 0 Å². The summed E-state index contributed by atoms with van der Waals surface area (Å²) < 4.78 is 56.6. The third-order valence-corrected chi connectivity index (χ3v) is 4.33. The van der Waals surface area contributed by atoms with Gasteiger partial charge in [-0.05, 0) is 42.0 Å². The van der Waals surface area contributed by atoms with Crippen LogP contribution in [0.2, 0.25) is 0 Å². The van der Waals surface area contributed by atoms with E-state index in [2.05, 4.69) is 0 Å². The van der Waals surface area contributed by atoms with Gasteiger partial charge in [0.1, 0.15) is 17.1 Å². The summed E-state index contributed by atoms with van der Waals surface area (Å²) in [4.78, 5) is 12.8. The van der Waals surface area contributed by atoms with Gasteiger partial charge in [0.25, 0.3) is 5.76 Å². The Morgan fingerprint density at radius 3 is 2.38 bits per heavy atom. The molecule has 4 aromatic rings. The van der Waals surface area contributed by atoms with Crippen molar-refractivity contribution in [2.24, 2.45) is 0 Å². The molecule has 0 saturated heterocycles. The van der Waals surface area contributed by atoms with E-state index in [1.54, 1.807) is 31.2 Å². The molecular weight excluding hydrogens is 385 g/mol. The average molecular weight is 400 g/mol. The minimum atomic E-state index is -4.92. The highest BCUT2D eigenvalue weighted by Gasteiger charge is 2.40. The first kappa shape index (κ1) is 18.9. The normalized spacial score (nSPS) is 11.7. The Kier molecular flexibility index (Phi) is 4.66. The molecule has 0 N–H and O–H groups in total. The van der Waals surface area contributed by atoms with Crippen LogP contribution in [0, 0.1) is 0 Å². The summed E-state index contributed by atoms with van der Waals surface area (Å²) in [5, 5.41) is 1.63. The van der Waals surface area contributed by atoms with Crippen LogP contribution in [0.1, 0.15) is 12.7 Å². The molecule has 0 saturated carbocycles. The Morgan fingerprint density at radius 1 is 0.931 bits per heavy atom. The molecule has 0 amide bonds. The molecule has 29 heavy (non-hydrogen) atoms. The van der Waals surface area contributed by atoms with Crippen molar-refractivity contribution in [3.8, 4) is 17.2 Å². The summed E-state index contributed by atoms with van der Waals surface area (Å²) in [7, 11) is 0. The number of rotatable bonds is 4. The van der Waals surface area contributed by atoms with E-state index in [-0.39, 0.29) is 16.7 Å². The molecule has 0 unspecified atom stereocenters. The molecule has 7 heteroatoms. The number of benzene rings is 3. The fourth-order valence-electron chi connectivity index (χ4n) is 3.04. The Morgan fingerprint density at radius 2 is 1.66 bits per heavy atom. The summed E-state index contributed by atoms with van der Waals surface area (Å²) in [6.07, 6.45) is -4.92. The van der Waals surface area contributed by atoms with Gasteiger partial charge < -0.3 is 13.9 Å². The summed E-state index contributed by atoms with van der Waals surface area (Å²) in [6, 6.07) is 16.2. The van der Waals surface area contributed by atoms with Gasteiger partial charge in [-0.25, -0.2) is 0 Å². The van der Waals surface area contributed by atoms with Gasteiger partial charge in [-0.2, -0.15) is 13.2 Å². The van der Waals surface area contributed by atoms with Crippen LogP contribution in [0.5, 0.6) is 17.2 Å². The monoisotopic (exact) mass is 400 g/mol. The molecule has 0 aliphatic rings. The molecule has 0 fully saturated rings. The average Bonchev–Trinajstić information content (AvgIpc) is 2.69. The zero-order valence-corrected chi connectivity index (χ0v) is 15.2. The van der Waals surface area contributed by atoms with E-state index in [0.29, 0.717) is 12.4 Å². The molecule has 0 atom stereocenters. The Hall–Kier alpha value is -3.48. The molecule has 4 rings (SSSR count). The number of hydrogen-bond donors (Lipinski definition) is 0. The Balaban J connectivity index is 1.88. The Labute approximate surface area is 163 Å². The van der Waals surface area contributed by atoms with Crippen LogP contribution in [-0.2, 0) is 6.18 Å². The SMILES string of the molecule is CCOc1ccc2c(=O)c(Oc3ccc4ccccc4c3)c(C(F)(F)F)oc2c1. The van der Waals surface area contributed by atoms with Crippen LogP contribution >= 0.6 is 0 Å².